The summed E-state index contributed by atoms with van der Waals surface area (Å²) >= 11 is 6.06. The Morgan fingerprint density at radius 2 is 2.18 bits per heavy atom. The molecule has 2 heterocycles. The van der Waals surface area contributed by atoms with Crippen molar-refractivity contribution in [1.82, 2.24) is 9.97 Å². The molecule has 0 aliphatic heterocycles. The van der Waals surface area contributed by atoms with Gasteiger partial charge in [-0.05, 0) is 29.8 Å². The van der Waals surface area contributed by atoms with Gasteiger partial charge >= 0.3 is 0 Å². The maximum atomic E-state index is 14.1. The highest BCUT2D eigenvalue weighted by Gasteiger charge is 2.09. The van der Waals surface area contributed by atoms with Crippen molar-refractivity contribution in [3.05, 3.63) is 60.2 Å². The summed E-state index contributed by atoms with van der Waals surface area (Å²) in [7, 11) is 0. The number of carbonyl (C=O) groups excluding carboxylic acids is 1. The van der Waals surface area contributed by atoms with Gasteiger partial charge in [-0.1, -0.05) is 24.2 Å². The normalized spacial score (nSPS) is 10.6. The van der Waals surface area contributed by atoms with Gasteiger partial charge in [0.25, 0.3) is 0 Å². The number of pyridine rings is 1. The molecule has 2 aromatic heterocycles. The molecule has 0 spiro atoms. The van der Waals surface area contributed by atoms with E-state index in [1.54, 1.807) is 18.5 Å². The summed E-state index contributed by atoms with van der Waals surface area (Å²) in [5.74, 6) is -0.998. The number of rotatable bonds is 3. The highest BCUT2D eigenvalue weighted by atomic mass is 35.5. The fraction of sp³-hybridized carbons (Fsp3) is 0. The zero-order chi connectivity index (χ0) is 15.7. The molecule has 22 heavy (non-hydrogen) atoms. The lowest BCUT2D eigenvalue weighted by Gasteiger charge is -2.07. The smallest absolute Gasteiger partial charge is 0.247 e. The number of amides is 1. The van der Waals surface area contributed by atoms with Gasteiger partial charge in [0.1, 0.15) is 11.5 Å². The van der Waals surface area contributed by atoms with E-state index in [4.69, 9.17) is 11.6 Å². The second-order valence-electron chi connectivity index (χ2n) is 4.64. The van der Waals surface area contributed by atoms with Crippen LogP contribution in [0.3, 0.4) is 0 Å². The zero-order valence-electron chi connectivity index (χ0n) is 11.4. The molecule has 0 radical (unpaired) electrons. The predicted molar refractivity (Wildman–Crippen MR) is 85.3 cm³/mol. The van der Waals surface area contributed by atoms with Crippen LogP contribution in [-0.4, -0.2) is 15.9 Å². The van der Waals surface area contributed by atoms with Crippen LogP contribution in [0.1, 0.15) is 0 Å². The topological polar surface area (TPSA) is 57.8 Å². The standard InChI is InChI=1S/C16H11ClFN3O/c1-2-15(22)21-14-4-3-9(6-13(14)18)10-5-11-12(17)8-20-16(11)19-7-10/h2-8H,1H2,(H,19,20)(H,21,22). The second kappa shape index (κ2) is 5.61. The fourth-order valence-corrected chi connectivity index (χ4v) is 2.31. The van der Waals surface area contributed by atoms with E-state index in [-0.39, 0.29) is 5.69 Å². The first kappa shape index (κ1) is 14.3. The third-order valence-corrected chi connectivity index (χ3v) is 3.54. The van der Waals surface area contributed by atoms with Crippen LogP contribution in [0.4, 0.5) is 10.1 Å². The first-order chi connectivity index (χ1) is 10.6. The van der Waals surface area contributed by atoms with E-state index in [0.717, 1.165) is 17.0 Å². The molecule has 0 aliphatic rings. The van der Waals surface area contributed by atoms with E-state index < -0.39 is 11.7 Å². The maximum Gasteiger partial charge on any atom is 0.247 e. The quantitative estimate of drug-likeness (QED) is 0.713. The number of nitrogens with zero attached hydrogens (tertiary/aromatic N) is 1. The molecule has 4 nitrogen and oxygen atoms in total. The average Bonchev–Trinajstić information content (AvgIpc) is 2.90. The number of anilines is 1. The van der Waals surface area contributed by atoms with Crippen molar-refractivity contribution >= 4 is 34.2 Å². The lowest BCUT2D eigenvalue weighted by molar-refractivity contribution is -0.111. The minimum absolute atomic E-state index is 0.0994. The molecular formula is C16H11ClFN3O. The lowest BCUT2D eigenvalue weighted by Crippen LogP contribution is -2.08. The molecule has 2 N–H and O–H groups in total. The summed E-state index contributed by atoms with van der Waals surface area (Å²) in [6.07, 6.45) is 4.36. The highest BCUT2D eigenvalue weighted by Crippen LogP contribution is 2.29. The van der Waals surface area contributed by atoms with Crippen molar-refractivity contribution in [2.75, 3.05) is 5.32 Å². The molecule has 6 heteroatoms. The Hall–Kier alpha value is -2.66. The average molecular weight is 316 g/mol. The fourth-order valence-electron chi connectivity index (χ4n) is 2.11. The van der Waals surface area contributed by atoms with E-state index in [2.05, 4.69) is 21.9 Å². The van der Waals surface area contributed by atoms with Crippen molar-refractivity contribution in [2.24, 2.45) is 0 Å². The number of nitrogens with one attached hydrogen (secondary N) is 2. The van der Waals surface area contributed by atoms with Crippen LogP contribution in [0, 0.1) is 5.82 Å². The van der Waals surface area contributed by atoms with Gasteiger partial charge in [-0.2, -0.15) is 0 Å². The number of aromatic nitrogens is 2. The first-order valence-corrected chi connectivity index (χ1v) is 6.82. The van der Waals surface area contributed by atoms with Crippen molar-refractivity contribution in [1.29, 1.82) is 0 Å². The van der Waals surface area contributed by atoms with E-state index in [1.165, 1.54) is 12.1 Å². The minimum Gasteiger partial charge on any atom is -0.345 e. The molecule has 110 valence electrons. The molecule has 1 aromatic carbocycles. The van der Waals surface area contributed by atoms with Crippen LogP contribution in [0.15, 0.2) is 49.3 Å². The molecule has 1 amide bonds. The second-order valence-corrected chi connectivity index (χ2v) is 5.05. The largest absolute Gasteiger partial charge is 0.345 e. The van der Waals surface area contributed by atoms with Crippen molar-refractivity contribution < 1.29 is 9.18 Å². The minimum atomic E-state index is -0.534. The molecule has 0 bridgehead atoms. The van der Waals surface area contributed by atoms with Crippen LogP contribution in [0.25, 0.3) is 22.2 Å². The van der Waals surface area contributed by atoms with Crippen LogP contribution < -0.4 is 5.32 Å². The van der Waals surface area contributed by atoms with E-state index in [9.17, 15) is 9.18 Å². The van der Waals surface area contributed by atoms with E-state index in [0.29, 0.717) is 16.2 Å². The van der Waals surface area contributed by atoms with Crippen LogP contribution in [0.5, 0.6) is 0 Å². The van der Waals surface area contributed by atoms with Crippen LogP contribution in [-0.2, 0) is 4.79 Å². The Bertz CT molecular complexity index is 888. The maximum absolute atomic E-state index is 14.1. The number of H-pyrrole nitrogens is 1. The molecule has 0 atom stereocenters. The zero-order valence-corrected chi connectivity index (χ0v) is 12.1. The molecule has 0 saturated carbocycles. The molecule has 0 unspecified atom stereocenters. The van der Waals surface area contributed by atoms with E-state index in [1.807, 2.05) is 6.07 Å². The summed E-state index contributed by atoms with van der Waals surface area (Å²) < 4.78 is 14.1. The van der Waals surface area contributed by atoms with E-state index >= 15 is 0 Å². The molecular weight excluding hydrogens is 305 g/mol. The Labute approximate surface area is 130 Å². The number of carbonyl (C=O) groups is 1. The molecule has 3 aromatic rings. The number of halogens is 2. The first-order valence-electron chi connectivity index (χ1n) is 6.44. The van der Waals surface area contributed by atoms with Gasteiger partial charge in [0.2, 0.25) is 5.91 Å². The number of fused-ring (bicyclic) bond motifs is 1. The third kappa shape index (κ3) is 2.58. The summed E-state index contributed by atoms with van der Waals surface area (Å²) in [5, 5.41) is 3.72. The summed E-state index contributed by atoms with van der Waals surface area (Å²) in [6.45, 7) is 3.33. The number of aromatic amines is 1. The lowest BCUT2D eigenvalue weighted by atomic mass is 10.1. The van der Waals surface area contributed by atoms with Gasteiger partial charge in [0.15, 0.2) is 0 Å². The summed E-state index contributed by atoms with van der Waals surface area (Å²) in [6, 6.07) is 6.36. The van der Waals surface area contributed by atoms with Crippen LogP contribution in [0.2, 0.25) is 5.02 Å². The highest BCUT2D eigenvalue weighted by molar-refractivity contribution is 6.35. The molecule has 0 fully saturated rings. The third-order valence-electron chi connectivity index (χ3n) is 3.23. The van der Waals surface area contributed by atoms with Gasteiger partial charge in [-0.25, -0.2) is 9.37 Å². The Morgan fingerprint density at radius 3 is 2.91 bits per heavy atom. The number of hydrogen-bond donors (Lipinski definition) is 2. The van der Waals surface area contributed by atoms with Gasteiger partial charge in [-0.3, -0.25) is 4.79 Å². The molecule has 0 aliphatic carbocycles. The SMILES string of the molecule is C=CC(=O)Nc1ccc(-c2cnc3[nH]cc(Cl)c3c2)cc1F. The van der Waals surface area contributed by atoms with Crippen LogP contribution >= 0.6 is 11.6 Å². The van der Waals surface area contributed by atoms with Crippen molar-refractivity contribution in [3.63, 3.8) is 0 Å². The van der Waals surface area contributed by atoms with Gasteiger partial charge in [-0.15, -0.1) is 0 Å². The Morgan fingerprint density at radius 1 is 1.36 bits per heavy atom. The van der Waals surface area contributed by atoms with Gasteiger partial charge < -0.3 is 10.3 Å². The Balaban J connectivity index is 1.99. The number of hydrogen-bond acceptors (Lipinski definition) is 2. The van der Waals surface area contributed by atoms with Gasteiger partial charge in [0.05, 0.1) is 10.7 Å². The van der Waals surface area contributed by atoms with Crippen molar-refractivity contribution in [3.8, 4) is 11.1 Å². The molecule has 0 saturated heterocycles. The predicted octanol–water partition coefficient (Wildman–Crippen LogP) is 4.15. The van der Waals surface area contributed by atoms with Gasteiger partial charge in [0, 0.05) is 23.3 Å². The summed E-state index contributed by atoms with van der Waals surface area (Å²) in [4.78, 5) is 18.4. The molecule has 3 rings (SSSR count). The Kier molecular flexibility index (Phi) is 3.65. The monoisotopic (exact) mass is 315 g/mol. The number of benzene rings is 1. The summed E-state index contributed by atoms with van der Waals surface area (Å²) in [5.41, 5.74) is 2.14. The van der Waals surface area contributed by atoms with Crippen molar-refractivity contribution in [2.45, 2.75) is 0 Å².